The summed E-state index contributed by atoms with van der Waals surface area (Å²) in [4.78, 5) is 0. The van der Waals surface area contributed by atoms with Crippen molar-refractivity contribution in [1.82, 2.24) is 0 Å². The van der Waals surface area contributed by atoms with E-state index in [1.54, 1.807) is 0 Å². The third-order valence-corrected chi connectivity index (χ3v) is 5.07. The molecule has 0 aromatic carbocycles. The second-order valence-corrected chi connectivity index (χ2v) is 6.75. The first-order valence-corrected chi connectivity index (χ1v) is 7.54. The van der Waals surface area contributed by atoms with Gasteiger partial charge in [0.2, 0.25) is 0 Å². The Morgan fingerprint density at radius 2 is 1.17 bits per heavy atom. The Hall–Kier alpha value is -0.120. The van der Waals surface area contributed by atoms with E-state index in [9.17, 15) is 15.3 Å². The van der Waals surface area contributed by atoms with Crippen LogP contribution in [0.2, 0.25) is 0 Å². The Morgan fingerprint density at radius 3 is 1.44 bits per heavy atom. The smallest absolute Gasteiger partial charge is 0.0540 e. The molecule has 0 radical (unpaired) electrons. The molecule has 0 aromatic heterocycles. The Morgan fingerprint density at radius 1 is 0.778 bits per heavy atom. The van der Waals surface area contributed by atoms with Crippen molar-refractivity contribution >= 4 is 0 Å². The summed E-state index contributed by atoms with van der Waals surface area (Å²) in [5.41, 5.74) is 0.462. The zero-order valence-electron chi connectivity index (χ0n) is 11.4. The molecular formula is C15H28O3. The van der Waals surface area contributed by atoms with Crippen LogP contribution in [0.25, 0.3) is 0 Å². The van der Waals surface area contributed by atoms with Gasteiger partial charge in [0, 0.05) is 13.2 Å². The first-order chi connectivity index (χ1) is 8.64. The highest BCUT2D eigenvalue weighted by atomic mass is 16.3. The number of hydrogen-bond acceptors (Lipinski definition) is 3. The predicted molar refractivity (Wildman–Crippen MR) is 71.2 cm³/mol. The van der Waals surface area contributed by atoms with Crippen molar-refractivity contribution in [2.24, 2.45) is 10.8 Å². The van der Waals surface area contributed by atoms with Crippen molar-refractivity contribution in [2.45, 2.75) is 70.3 Å². The predicted octanol–water partition coefficient (Wildman–Crippen LogP) is 2.23. The van der Waals surface area contributed by atoms with E-state index in [1.807, 2.05) is 0 Å². The van der Waals surface area contributed by atoms with Crippen LogP contribution in [0.4, 0.5) is 0 Å². The lowest BCUT2D eigenvalue weighted by molar-refractivity contribution is 0.131. The van der Waals surface area contributed by atoms with E-state index in [0.29, 0.717) is 13.2 Å². The molecule has 0 atom stereocenters. The maximum absolute atomic E-state index is 9.90. The Bertz CT molecular complexity index is 230. The average Bonchev–Trinajstić information content (AvgIpc) is 3.25. The molecule has 2 aliphatic rings. The number of aliphatic hydroxyl groups excluding tert-OH is 3. The van der Waals surface area contributed by atoms with Crippen LogP contribution in [0.1, 0.15) is 64.2 Å². The Labute approximate surface area is 110 Å². The minimum Gasteiger partial charge on any atom is -0.396 e. The molecule has 18 heavy (non-hydrogen) atoms. The van der Waals surface area contributed by atoms with Gasteiger partial charge in [-0.2, -0.15) is 0 Å². The second kappa shape index (κ2) is 5.89. The third-order valence-electron chi connectivity index (χ3n) is 5.07. The molecule has 3 N–H and O–H groups in total. The van der Waals surface area contributed by atoms with Crippen molar-refractivity contribution < 1.29 is 15.3 Å². The summed E-state index contributed by atoms with van der Waals surface area (Å²) in [6.07, 6.45) is 10.4. The van der Waals surface area contributed by atoms with Crippen molar-refractivity contribution in [3.63, 3.8) is 0 Å². The fraction of sp³-hybridized carbons (Fsp3) is 1.00. The summed E-state index contributed by atoms with van der Waals surface area (Å²) >= 11 is 0. The van der Waals surface area contributed by atoms with Crippen LogP contribution < -0.4 is 0 Å². The SMILES string of the molecule is OCC1(CCCC(O)CCCC2(CO)CC2)CC1. The van der Waals surface area contributed by atoms with Gasteiger partial charge in [0.1, 0.15) is 0 Å². The third kappa shape index (κ3) is 3.94. The molecule has 0 spiro atoms. The Balaban J connectivity index is 1.49. The number of hydrogen-bond donors (Lipinski definition) is 3. The molecule has 3 nitrogen and oxygen atoms in total. The molecule has 0 saturated heterocycles. The van der Waals surface area contributed by atoms with Crippen LogP contribution in [-0.2, 0) is 0 Å². The van der Waals surface area contributed by atoms with E-state index in [4.69, 9.17) is 0 Å². The highest BCUT2D eigenvalue weighted by molar-refractivity contribution is 4.93. The maximum Gasteiger partial charge on any atom is 0.0540 e. The fourth-order valence-electron chi connectivity index (χ4n) is 2.90. The van der Waals surface area contributed by atoms with E-state index in [1.165, 1.54) is 25.7 Å². The summed E-state index contributed by atoms with van der Waals surface area (Å²) in [6, 6.07) is 0. The minimum atomic E-state index is -0.186. The molecule has 0 heterocycles. The van der Waals surface area contributed by atoms with Gasteiger partial charge in [0.25, 0.3) is 0 Å². The van der Waals surface area contributed by atoms with Gasteiger partial charge in [-0.1, -0.05) is 12.8 Å². The van der Waals surface area contributed by atoms with E-state index in [2.05, 4.69) is 0 Å². The summed E-state index contributed by atoms with van der Waals surface area (Å²) in [6.45, 7) is 0.643. The first kappa shape index (κ1) is 14.3. The van der Waals surface area contributed by atoms with E-state index in [-0.39, 0.29) is 16.9 Å². The molecular weight excluding hydrogens is 228 g/mol. The van der Waals surface area contributed by atoms with Gasteiger partial charge in [-0.25, -0.2) is 0 Å². The van der Waals surface area contributed by atoms with Gasteiger partial charge >= 0.3 is 0 Å². The van der Waals surface area contributed by atoms with Crippen LogP contribution in [0.5, 0.6) is 0 Å². The summed E-state index contributed by atoms with van der Waals surface area (Å²) in [7, 11) is 0. The van der Waals surface area contributed by atoms with Crippen molar-refractivity contribution in [3.8, 4) is 0 Å². The van der Waals surface area contributed by atoms with E-state index in [0.717, 1.165) is 38.5 Å². The van der Waals surface area contributed by atoms with Crippen LogP contribution in [0.15, 0.2) is 0 Å². The van der Waals surface area contributed by atoms with Gasteiger partial charge < -0.3 is 15.3 Å². The molecule has 0 amide bonds. The molecule has 2 saturated carbocycles. The van der Waals surface area contributed by atoms with Gasteiger partial charge in [0.05, 0.1) is 6.10 Å². The molecule has 2 fully saturated rings. The summed E-state index contributed by atoms with van der Waals surface area (Å²) in [5, 5.41) is 28.3. The minimum absolute atomic E-state index is 0.186. The largest absolute Gasteiger partial charge is 0.396 e. The van der Waals surface area contributed by atoms with Crippen LogP contribution in [0.3, 0.4) is 0 Å². The standard InChI is InChI=1S/C15H28O3/c16-11-14(7-8-14)5-1-3-13(18)4-2-6-15(12-17)9-10-15/h13,16-18H,1-12H2. The topological polar surface area (TPSA) is 60.7 Å². The van der Waals surface area contributed by atoms with Gasteiger partial charge in [-0.05, 0) is 62.2 Å². The molecule has 0 unspecified atom stereocenters. The first-order valence-electron chi connectivity index (χ1n) is 7.54. The normalized spacial score (nSPS) is 23.3. The van der Waals surface area contributed by atoms with E-state index >= 15 is 0 Å². The van der Waals surface area contributed by atoms with Crippen molar-refractivity contribution in [2.75, 3.05) is 13.2 Å². The van der Waals surface area contributed by atoms with E-state index < -0.39 is 0 Å². The molecule has 2 aliphatic carbocycles. The van der Waals surface area contributed by atoms with Crippen LogP contribution >= 0.6 is 0 Å². The Kier molecular flexibility index (Phi) is 4.68. The molecule has 106 valence electrons. The van der Waals surface area contributed by atoms with Crippen LogP contribution in [0, 0.1) is 10.8 Å². The van der Waals surface area contributed by atoms with Gasteiger partial charge in [-0.15, -0.1) is 0 Å². The summed E-state index contributed by atoms with van der Waals surface area (Å²) in [5.74, 6) is 0. The molecule has 2 rings (SSSR count). The monoisotopic (exact) mass is 256 g/mol. The lowest BCUT2D eigenvalue weighted by Gasteiger charge is -2.15. The molecule has 0 bridgehead atoms. The highest BCUT2D eigenvalue weighted by Gasteiger charge is 2.42. The van der Waals surface area contributed by atoms with Crippen molar-refractivity contribution in [1.29, 1.82) is 0 Å². The van der Waals surface area contributed by atoms with Crippen molar-refractivity contribution in [3.05, 3.63) is 0 Å². The molecule has 0 aromatic rings. The zero-order valence-corrected chi connectivity index (χ0v) is 11.4. The van der Waals surface area contributed by atoms with Gasteiger partial charge in [-0.3, -0.25) is 0 Å². The molecule has 3 heteroatoms. The zero-order chi connectivity index (χ0) is 13.1. The number of rotatable bonds is 10. The quantitative estimate of drug-likeness (QED) is 0.562. The molecule has 0 aliphatic heterocycles. The van der Waals surface area contributed by atoms with Crippen LogP contribution in [-0.4, -0.2) is 34.6 Å². The lowest BCUT2D eigenvalue weighted by atomic mass is 9.95. The number of aliphatic hydroxyl groups is 3. The maximum atomic E-state index is 9.90. The second-order valence-electron chi connectivity index (χ2n) is 6.75. The fourth-order valence-corrected chi connectivity index (χ4v) is 2.90. The summed E-state index contributed by atoms with van der Waals surface area (Å²) < 4.78 is 0. The average molecular weight is 256 g/mol. The van der Waals surface area contributed by atoms with Gasteiger partial charge in [0.15, 0.2) is 0 Å². The highest BCUT2D eigenvalue weighted by Crippen LogP contribution is 2.50. The lowest BCUT2D eigenvalue weighted by Crippen LogP contribution is -2.12.